The SMILES string of the molecule is Cc1cc(N=Nc2ccc(Sc3ccc(N=Nc4ccc(O)c(C(=O)O)c4)cc3)cc2)c(N)c(N=Nc2ccc(C(N)=O)cc2)c1N.[Na+]. The molecule has 0 radical (unpaired) electrons. The Morgan fingerprint density at radius 3 is 1.67 bits per heavy atom. The molecule has 5 aromatic carbocycles. The van der Waals surface area contributed by atoms with E-state index < -0.39 is 11.9 Å². The van der Waals surface area contributed by atoms with Crippen molar-refractivity contribution >= 4 is 69.1 Å². The predicted octanol–water partition coefficient (Wildman–Crippen LogP) is 6.06. The molecule has 15 heteroatoms. The van der Waals surface area contributed by atoms with Crippen LogP contribution in [0.25, 0.3) is 0 Å². The Labute approximate surface area is 301 Å². The number of hydrogen-bond acceptors (Lipinski definition) is 12. The third-order valence-corrected chi connectivity index (χ3v) is 7.67. The Bertz CT molecular complexity index is 2050. The molecule has 0 unspecified atom stereocenters. The van der Waals surface area contributed by atoms with E-state index in [1.165, 1.54) is 30.0 Å². The van der Waals surface area contributed by atoms with E-state index in [1.807, 2.05) is 43.3 Å². The summed E-state index contributed by atoms with van der Waals surface area (Å²) >= 11 is 1.54. The van der Waals surface area contributed by atoms with Gasteiger partial charge < -0.3 is 27.4 Å². The number of benzene rings is 5. The topological polar surface area (TPSA) is 227 Å². The Hall–Kier alpha value is -5.41. The van der Waals surface area contributed by atoms with Gasteiger partial charge in [0.05, 0.1) is 34.1 Å². The number of hydrogen-bond donors (Lipinski definition) is 5. The molecule has 0 heterocycles. The molecule has 13 nitrogen and oxygen atoms in total. The number of aromatic carboxylic acids is 1. The number of nitrogen functional groups attached to an aromatic ring is 2. The molecule has 1 amide bonds. The minimum absolute atomic E-state index is 0. The molecule has 0 aliphatic carbocycles. The van der Waals surface area contributed by atoms with Crippen LogP contribution in [-0.4, -0.2) is 22.1 Å². The average Bonchev–Trinajstić information content (AvgIpc) is 3.06. The van der Waals surface area contributed by atoms with Crippen LogP contribution in [0.1, 0.15) is 26.3 Å². The zero-order valence-corrected chi connectivity index (χ0v) is 28.6. The molecule has 5 aromatic rings. The third kappa shape index (κ3) is 8.89. The van der Waals surface area contributed by atoms with E-state index >= 15 is 0 Å². The maximum absolute atomic E-state index is 11.3. The van der Waals surface area contributed by atoms with Crippen LogP contribution in [0, 0.1) is 6.92 Å². The van der Waals surface area contributed by atoms with Gasteiger partial charge in [0.25, 0.3) is 0 Å². The minimum atomic E-state index is -1.25. The first-order chi connectivity index (χ1) is 22.6. The number of carbonyl (C=O) groups excluding carboxylic acids is 1. The summed E-state index contributed by atoms with van der Waals surface area (Å²) in [6, 6.07) is 26.9. The zero-order valence-electron chi connectivity index (χ0n) is 25.8. The smallest absolute Gasteiger partial charge is 0.507 e. The van der Waals surface area contributed by atoms with Crippen molar-refractivity contribution in [3.05, 3.63) is 114 Å². The average molecular weight is 669 g/mol. The number of amides is 1. The van der Waals surface area contributed by atoms with Crippen molar-refractivity contribution < 1.29 is 49.4 Å². The number of azo groups is 3. The summed E-state index contributed by atoms with van der Waals surface area (Å²) in [5.41, 5.74) is 21.9. The van der Waals surface area contributed by atoms with Crippen LogP contribution in [0.4, 0.5) is 45.5 Å². The van der Waals surface area contributed by atoms with Crippen LogP contribution >= 0.6 is 11.8 Å². The predicted molar refractivity (Wildman–Crippen MR) is 180 cm³/mol. The van der Waals surface area contributed by atoms with Gasteiger partial charge in [0, 0.05) is 15.4 Å². The van der Waals surface area contributed by atoms with Gasteiger partial charge >= 0.3 is 35.5 Å². The second-order valence-corrected chi connectivity index (χ2v) is 11.1. The van der Waals surface area contributed by atoms with Gasteiger partial charge in [0.1, 0.15) is 22.7 Å². The first kappa shape index (κ1) is 35.4. The molecule has 0 bridgehead atoms. The minimum Gasteiger partial charge on any atom is -0.507 e. The van der Waals surface area contributed by atoms with Gasteiger partial charge in [-0.15, -0.1) is 10.2 Å². The third-order valence-electron chi connectivity index (χ3n) is 6.66. The van der Waals surface area contributed by atoms with E-state index in [0.717, 1.165) is 9.79 Å². The van der Waals surface area contributed by atoms with Crippen LogP contribution < -0.4 is 46.8 Å². The fourth-order valence-corrected chi connectivity index (χ4v) is 4.90. The summed E-state index contributed by atoms with van der Waals surface area (Å²) < 4.78 is 0. The number of anilines is 2. The van der Waals surface area contributed by atoms with Crippen molar-refractivity contribution in [2.75, 3.05) is 11.5 Å². The number of phenols is 1. The molecule has 0 aliphatic heterocycles. The Morgan fingerprint density at radius 2 is 1.12 bits per heavy atom. The normalized spacial score (nSPS) is 11.3. The number of rotatable bonds is 10. The van der Waals surface area contributed by atoms with Crippen molar-refractivity contribution in [2.45, 2.75) is 16.7 Å². The maximum atomic E-state index is 11.3. The number of carbonyl (C=O) groups is 2. The van der Waals surface area contributed by atoms with E-state index in [4.69, 9.17) is 22.3 Å². The van der Waals surface area contributed by atoms with Crippen LogP contribution in [0.3, 0.4) is 0 Å². The van der Waals surface area contributed by atoms with Gasteiger partial charge in [-0.05, 0) is 110 Å². The van der Waals surface area contributed by atoms with Crippen molar-refractivity contribution in [3.63, 3.8) is 0 Å². The summed E-state index contributed by atoms with van der Waals surface area (Å²) in [6.45, 7) is 1.81. The molecule has 5 rings (SSSR count). The standard InChI is InChI=1S/C33H27N9O4S.Na/c1-18-16-27(30(35)31(29(18)34)42-39-20-4-2-19(3-5-20)32(36)44)41-38-22-8-13-25(14-9-22)47-24-11-6-21(7-12-24)37-40-23-10-15-28(43)26(17-23)33(45)46;/h2-17,43H,34-35H2,1H3,(H2,36,44)(H,45,46);/q;+1. The van der Waals surface area contributed by atoms with Crippen molar-refractivity contribution in [3.8, 4) is 5.75 Å². The summed E-state index contributed by atoms with van der Waals surface area (Å²) in [5, 5.41) is 44.1. The number of carboxylic acids is 1. The van der Waals surface area contributed by atoms with Crippen molar-refractivity contribution in [1.29, 1.82) is 0 Å². The molecular weight excluding hydrogens is 641 g/mol. The van der Waals surface area contributed by atoms with E-state index in [1.54, 1.807) is 42.5 Å². The molecular formula is C33H27N9NaO4S+. The number of primary amides is 1. The largest absolute Gasteiger partial charge is 1.00 e. The first-order valence-electron chi connectivity index (χ1n) is 13.9. The molecule has 0 saturated heterocycles. The van der Waals surface area contributed by atoms with Gasteiger partial charge in [-0.3, -0.25) is 4.79 Å². The zero-order chi connectivity index (χ0) is 33.5. The molecule has 48 heavy (non-hydrogen) atoms. The summed E-state index contributed by atoms with van der Waals surface area (Å²) in [7, 11) is 0. The van der Waals surface area contributed by atoms with Crippen molar-refractivity contribution in [2.24, 2.45) is 36.4 Å². The Kier molecular flexibility index (Phi) is 11.8. The summed E-state index contributed by atoms with van der Waals surface area (Å²) in [5.74, 6) is -2.12. The Balaban J connectivity index is 0.00000520. The van der Waals surface area contributed by atoms with Gasteiger partial charge in [0.2, 0.25) is 5.91 Å². The van der Waals surface area contributed by atoms with E-state index in [0.29, 0.717) is 45.3 Å². The quantitative estimate of drug-likeness (QED) is 0.0670. The molecule has 0 atom stereocenters. The number of aromatic hydroxyl groups is 1. The van der Waals surface area contributed by atoms with Crippen LogP contribution in [0.5, 0.6) is 5.75 Å². The first-order valence-corrected chi connectivity index (χ1v) is 14.7. The maximum Gasteiger partial charge on any atom is 1.00 e. The molecule has 234 valence electrons. The molecule has 0 aromatic heterocycles. The van der Waals surface area contributed by atoms with Gasteiger partial charge in [-0.1, -0.05) is 11.8 Å². The fourth-order valence-electron chi connectivity index (χ4n) is 4.09. The number of nitrogens with two attached hydrogens (primary N) is 3. The van der Waals surface area contributed by atoms with E-state index in [-0.39, 0.29) is 52.2 Å². The van der Waals surface area contributed by atoms with Crippen LogP contribution in [0.15, 0.2) is 138 Å². The van der Waals surface area contributed by atoms with Crippen LogP contribution in [-0.2, 0) is 0 Å². The monoisotopic (exact) mass is 668 g/mol. The number of carboxylic acid groups (broad SMARTS) is 1. The van der Waals surface area contributed by atoms with Crippen LogP contribution in [0.2, 0.25) is 0 Å². The molecule has 0 spiro atoms. The summed E-state index contributed by atoms with van der Waals surface area (Å²) in [6.07, 6.45) is 0. The van der Waals surface area contributed by atoms with E-state index in [9.17, 15) is 14.7 Å². The second-order valence-electron chi connectivity index (χ2n) is 10.00. The molecule has 0 aliphatic rings. The number of aryl methyl sites for hydroxylation is 1. The van der Waals surface area contributed by atoms with Gasteiger partial charge in [-0.2, -0.15) is 20.5 Å². The van der Waals surface area contributed by atoms with Gasteiger partial charge in [-0.25, -0.2) is 4.79 Å². The summed E-state index contributed by atoms with van der Waals surface area (Å²) in [4.78, 5) is 24.4. The Morgan fingerprint density at radius 1 is 0.646 bits per heavy atom. The molecule has 0 fully saturated rings. The van der Waals surface area contributed by atoms with Gasteiger partial charge in [0.15, 0.2) is 0 Å². The van der Waals surface area contributed by atoms with E-state index in [2.05, 4.69) is 30.7 Å². The fraction of sp³-hybridized carbons (Fsp3) is 0.0303. The molecule has 8 N–H and O–H groups in total. The van der Waals surface area contributed by atoms with Crippen molar-refractivity contribution in [1.82, 2.24) is 0 Å². The molecule has 0 saturated carbocycles. The second kappa shape index (κ2) is 15.9. The number of nitrogens with zero attached hydrogens (tertiary/aromatic N) is 6.